The van der Waals surface area contributed by atoms with Gasteiger partial charge in [-0.3, -0.25) is 0 Å². The number of hydrogen-bond donors (Lipinski definition) is 2. The van der Waals surface area contributed by atoms with Crippen molar-refractivity contribution >= 4 is 17.4 Å². The van der Waals surface area contributed by atoms with Crippen molar-refractivity contribution in [3.63, 3.8) is 0 Å². The van der Waals surface area contributed by atoms with Gasteiger partial charge in [0.05, 0.1) is 23.8 Å². The Morgan fingerprint density at radius 3 is 2.76 bits per heavy atom. The van der Waals surface area contributed by atoms with E-state index in [4.69, 9.17) is 0 Å². The molecule has 1 aliphatic carbocycles. The average Bonchev–Trinajstić information content (AvgIpc) is 2.97. The van der Waals surface area contributed by atoms with Crippen LogP contribution in [0.25, 0.3) is 0 Å². The Balaban J connectivity index is 1.60. The van der Waals surface area contributed by atoms with Crippen LogP contribution in [0.5, 0.6) is 0 Å². The van der Waals surface area contributed by atoms with Crippen molar-refractivity contribution in [3.05, 3.63) is 52.5 Å². The number of rotatable bonds is 5. The number of thiazole rings is 1. The molecule has 0 aliphatic heterocycles. The minimum Gasteiger partial charge on any atom is -0.332 e. The summed E-state index contributed by atoms with van der Waals surface area (Å²) in [4.78, 5) is 16.3. The van der Waals surface area contributed by atoms with E-state index in [0.29, 0.717) is 12.5 Å². The van der Waals surface area contributed by atoms with Gasteiger partial charge in [0, 0.05) is 5.38 Å². The van der Waals surface area contributed by atoms with Gasteiger partial charge in [0.2, 0.25) is 0 Å². The molecule has 1 aliphatic rings. The molecule has 4 nitrogen and oxygen atoms in total. The normalized spacial score (nSPS) is 16.0. The molecule has 1 atom stereocenters. The molecule has 0 saturated heterocycles. The second-order valence-electron chi connectivity index (χ2n) is 5.39. The van der Waals surface area contributed by atoms with Crippen molar-refractivity contribution in [1.29, 1.82) is 0 Å². The number of benzene rings is 1. The number of amides is 2. The maximum atomic E-state index is 12.1. The van der Waals surface area contributed by atoms with E-state index < -0.39 is 0 Å². The quantitative estimate of drug-likeness (QED) is 0.888. The first-order valence-corrected chi connectivity index (χ1v) is 8.23. The number of urea groups is 1. The van der Waals surface area contributed by atoms with Gasteiger partial charge in [-0.15, -0.1) is 11.3 Å². The van der Waals surface area contributed by atoms with E-state index in [0.717, 1.165) is 5.69 Å². The molecule has 1 fully saturated rings. The van der Waals surface area contributed by atoms with Crippen LogP contribution in [-0.2, 0) is 6.54 Å². The van der Waals surface area contributed by atoms with Crippen molar-refractivity contribution in [2.24, 2.45) is 5.92 Å². The van der Waals surface area contributed by atoms with Gasteiger partial charge < -0.3 is 10.6 Å². The highest BCUT2D eigenvalue weighted by Crippen LogP contribution is 2.37. The van der Waals surface area contributed by atoms with Crippen LogP contribution in [0.4, 0.5) is 4.79 Å². The van der Waals surface area contributed by atoms with E-state index in [-0.39, 0.29) is 12.1 Å². The predicted octanol–water partition coefficient (Wildman–Crippen LogP) is 3.48. The summed E-state index contributed by atoms with van der Waals surface area (Å²) < 4.78 is 0. The fraction of sp³-hybridized carbons (Fsp3) is 0.375. The van der Waals surface area contributed by atoms with E-state index in [1.54, 1.807) is 5.51 Å². The number of nitrogens with one attached hydrogen (secondary N) is 2. The molecule has 2 N–H and O–H groups in total. The van der Waals surface area contributed by atoms with Crippen molar-refractivity contribution in [3.8, 4) is 0 Å². The van der Waals surface area contributed by atoms with E-state index in [1.807, 2.05) is 23.6 Å². The lowest BCUT2D eigenvalue weighted by Crippen LogP contribution is -2.41. The molecule has 2 aromatic rings. The van der Waals surface area contributed by atoms with Gasteiger partial charge in [-0.25, -0.2) is 9.78 Å². The minimum absolute atomic E-state index is 0.107. The molecule has 3 rings (SSSR count). The molecule has 1 aromatic heterocycles. The molecule has 1 aromatic carbocycles. The Morgan fingerprint density at radius 1 is 1.33 bits per heavy atom. The van der Waals surface area contributed by atoms with E-state index in [1.165, 1.54) is 36.2 Å². The third-order valence-corrected chi connectivity index (χ3v) is 4.62. The Hall–Kier alpha value is -1.88. The van der Waals surface area contributed by atoms with Crippen LogP contribution in [0.2, 0.25) is 0 Å². The Labute approximate surface area is 128 Å². The summed E-state index contributed by atoms with van der Waals surface area (Å²) >= 11 is 1.54. The molecule has 1 heterocycles. The maximum absolute atomic E-state index is 12.1. The molecule has 1 unspecified atom stereocenters. The van der Waals surface area contributed by atoms with Crippen LogP contribution in [0.1, 0.15) is 36.6 Å². The van der Waals surface area contributed by atoms with Crippen LogP contribution in [-0.4, -0.2) is 11.0 Å². The zero-order valence-corrected chi connectivity index (χ0v) is 12.6. The standard InChI is InChI=1S/C16H19N3OS/c20-16(17-9-14-10-21-11-18-14)19-15(13-7-4-8-13)12-5-2-1-3-6-12/h1-3,5-6,10-11,13,15H,4,7-9H2,(H2,17,19,20). The molecule has 0 radical (unpaired) electrons. The van der Waals surface area contributed by atoms with Crippen LogP contribution in [0.3, 0.4) is 0 Å². The van der Waals surface area contributed by atoms with Crippen molar-refractivity contribution < 1.29 is 4.79 Å². The third-order valence-electron chi connectivity index (χ3n) is 3.98. The summed E-state index contributed by atoms with van der Waals surface area (Å²) in [5, 5.41) is 7.95. The largest absolute Gasteiger partial charge is 0.332 e. The molecule has 0 spiro atoms. The fourth-order valence-electron chi connectivity index (χ4n) is 2.59. The fourth-order valence-corrected chi connectivity index (χ4v) is 3.15. The predicted molar refractivity (Wildman–Crippen MR) is 84.0 cm³/mol. The van der Waals surface area contributed by atoms with E-state index in [9.17, 15) is 4.79 Å². The van der Waals surface area contributed by atoms with Crippen LogP contribution >= 0.6 is 11.3 Å². The Kier molecular flexibility index (Phi) is 4.50. The molecule has 21 heavy (non-hydrogen) atoms. The molecule has 110 valence electrons. The summed E-state index contributed by atoms with van der Waals surface area (Å²) in [7, 11) is 0. The minimum atomic E-state index is -0.122. The average molecular weight is 301 g/mol. The number of hydrogen-bond acceptors (Lipinski definition) is 3. The number of carbonyl (C=O) groups excluding carboxylic acids is 1. The molecular weight excluding hydrogens is 282 g/mol. The molecule has 1 saturated carbocycles. The van der Waals surface area contributed by atoms with Gasteiger partial charge in [0.15, 0.2) is 0 Å². The summed E-state index contributed by atoms with van der Waals surface area (Å²) in [5.41, 5.74) is 3.86. The van der Waals surface area contributed by atoms with Crippen LogP contribution < -0.4 is 10.6 Å². The summed E-state index contributed by atoms with van der Waals surface area (Å²) in [6.45, 7) is 0.474. The second-order valence-corrected chi connectivity index (χ2v) is 6.10. The van der Waals surface area contributed by atoms with Gasteiger partial charge in [0.25, 0.3) is 0 Å². The van der Waals surface area contributed by atoms with Crippen LogP contribution in [0, 0.1) is 5.92 Å². The van der Waals surface area contributed by atoms with E-state index >= 15 is 0 Å². The number of aromatic nitrogens is 1. The lowest BCUT2D eigenvalue weighted by molar-refractivity contribution is 0.207. The zero-order valence-electron chi connectivity index (χ0n) is 11.8. The highest BCUT2D eigenvalue weighted by molar-refractivity contribution is 7.07. The molecular formula is C16H19N3OS. The summed E-state index contributed by atoms with van der Waals surface area (Å²) in [6.07, 6.45) is 3.63. The maximum Gasteiger partial charge on any atom is 0.315 e. The van der Waals surface area contributed by atoms with Crippen LogP contribution in [0.15, 0.2) is 41.2 Å². The Morgan fingerprint density at radius 2 is 2.14 bits per heavy atom. The summed E-state index contributed by atoms with van der Waals surface area (Å²) in [6, 6.07) is 10.2. The SMILES string of the molecule is O=C(NCc1cscn1)NC(c1ccccc1)C1CCC1. The second kappa shape index (κ2) is 6.72. The van der Waals surface area contributed by atoms with Gasteiger partial charge in [-0.05, 0) is 24.3 Å². The smallest absolute Gasteiger partial charge is 0.315 e. The van der Waals surface area contributed by atoms with Gasteiger partial charge in [-0.1, -0.05) is 36.8 Å². The first-order valence-electron chi connectivity index (χ1n) is 7.29. The number of nitrogens with zero attached hydrogens (tertiary/aromatic N) is 1. The topological polar surface area (TPSA) is 54.0 Å². The Bertz CT molecular complexity index is 566. The van der Waals surface area contributed by atoms with Gasteiger partial charge >= 0.3 is 6.03 Å². The summed E-state index contributed by atoms with van der Waals surface area (Å²) in [5.74, 6) is 0.553. The van der Waals surface area contributed by atoms with Crippen molar-refractivity contribution in [2.45, 2.75) is 31.8 Å². The molecule has 0 bridgehead atoms. The van der Waals surface area contributed by atoms with Crippen molar-refractivity contribution in [1.82, 2.24) is 15.6 Å². The number of carbonyl (C=O) groups is 1. The first kappa shape index (κ1) is 14.1. The lowest BCUT2D eigenvalue weighted by Gasteiger charge is -2.34. The van der Waals surface area contributed by atoms with Crippen molar-refractivity contribution in [2.75, 3.05) is 0 Å². The molecule has 5 heteroatoms. The lowest BCUT2D eigenvalue weighted by atomic mass is 9.77. The molecule has 2 amide bonds. The monoisotopic (exact) mass is 301 g/mol. The zero-order chi connectivity index (χ0) is 14.5. The highest BCUT2D eigenvalue weighted by Gasteiger charge is 2.29. The van der Waals surface area contributed by atoms with Gasteiger partial charge in [-0.2, -0.15) is 0 Å². The highest BCUT2D eigenvalue weighted by atomic mass is 32.1. The first-order chi connectivity index (χ1) is 10.3. The van der Waals surface area contributed by atoms with E-state index in [2.05, 4.69) is 27.8 Å². The van der Waals surface area contributed by atoms with Gasteiger partial charge in [0.1, 0.15) is 0 Å². The third kappa shape index (κ3) is 3.61.